The minimum absolute atomic E-state index is 0.0766. The predicted molar refractivity (Wildman–Crippen MR) is 171 cm³/mol. The number of hydrogen-bond donors (Lipinski definition) is 1. The van der Waals surface area contributed by atoms with Crippen LogP contribution in [0.5, 0.6) is 11.5 Å². The minimum Gasteiger partial charge on any atom is -0.494 e. The third-order valence-corrected chi connectivity index (χ3v) is 9.42. The van der Waals surface area contributed by atoms with E-state index >= 15 is 0 Å². The first-order chi connectivity index (χ1) is 22.3. The second kappa shape index (κ2) is 11.8. The summed E-state index contributed by atoms with van der Waals surface area (Å²) < 4.78 is 13.3. The number of rotatable bonds is 9. The summed E-state index contributed by atoms with van der Waals surface area (Å²) in [5.41, 5.74) is 7.42. The van der Waals surface area contributed by atoms with Gasteiger partial charge in [-0.1, -0.05) is 36.4 Å². The number of amides is 2. The molecule has 2 amide bonds. The number of hydrogen-bond acceptors (Lipinski definition) is 7. The van der Waals surface area contributed by atoms with Crippen molar-refractivity contribution in [2.75, 3.05) is 31.7 Å². The normalized spacial score (nSPS) is 16.5. The number of aryl methyl sites for hydroxylation is 1. The van der Waals surface area contributed by atoms with Crippen LogP contribution in [0.2, 0.25) is 0 Å². The highest BCUT2D eigenvalue weighted by atomic mass is 16.5. The number of aromatic nitrogens is 3. The Morgan fingerprint density at radius 2 is 2.00 bits per heavy atom. The first-order valence-electron chi connectivity index (χ1n) is 15.9. The van der Waals surface area contributed by atoms with E-state index in [1.54, 1.807) is 23.7 Å². The van der Waals surface area contributed by atoms with E-state index in [0.717, 1.165) is 58.3 Å². The Balaban J connectivity index is 1.23. The first-order valence-corrected chi connectivity index (χ1v) is 15.9. The maximum absolute atomic E-state index is 14.1. The van der Waals surface area contributed by atoms with E-state index in [1.165, 1.54) is 0 Å². The van der Waals surface area contributed by atoms with Crippen molar-refractivity contribution in [2.45, 2.75) is 57.4 Å². The van der Waals surface area contributed by atoms with Gasteiger partial charge in [-0.15, -0.1) is 5.10 Å². The van der Waals surface area contributed by atoms with E-state index in [4.69, 9.17) is 9.47 Å². The van der Waals surface area contributed by atoms with Crippen molar-refractivity contribution in [1.29, 1.82) is 0 Å². The van der Waals surface area contributed by atoms with Gasteiger partial charge in [-0.2, -0.15) is 0 Å². The molecule has 7 rings (SSSR count). The summed E-state index contributed by atoms with van der Waals surface area (Å²) in [5, 5.41) is 18.4. The van der Waals surface area contributed by atoms with Gasteiger partial charge in [0.05, 0.1) is 24.8 Å². The van der Waals surface area contributed by atoms with E-state index in [1.807, 2.05) is 54.3 Å². The zero-order valence-electron chi connectivity index (χ0n) is 26.3. The van der Waals surface area contributed by atoms with E-state index in [2.05, 4.69) is 10.3 Å². The van der Waals surface area contributed by atoms with Gasteiger partial charge in [0, 0.05) is 32.6 Å². The van der Waals surface area contributed by atoms with Crippen LogP contribution in [0.1, 0.15) is 82.6 Å². The van der Waals surface area contributed by atoms with Gasteiger partial charge in [-0.3, -0.25) is 14.4 Å². The van der Waals surface area contributed by atoms with Gasteiger partial charge < -0.3 is 24.4 Å². The van der Waals surface area contributed by atoms with Gasteiger partial charge >= 0.3 is 5.97 Å². The number of carboxylic acids is 1. The molecule has 238 valence electrons. The molecule has 3 aromatic carbocycles. The van der Waals surface area contributed by atoms with Crippen molar-refractivity contribution in [3.05, 3.63) is 75.8 Å². The van der Waals surface area contributed by atoms with Crippen LogP contribution < -0.4 is 14.4 Å². The molecule has 0 spiro atoms. The number of ether oxygens (including phenoxy) is 2. The molecule has 1 aliphatic carbocycles. The molecule has 1 fully saturated rings. The van der Waals surface area contributed by atoms with E-state index < -0.39 is 11.9 Å². The average Bonchev–Trinajstić information content (AvgIpc) is 3.84. The maximum atomic E-state index is 14.1. The van der Waals surface area contributed by atoms with E-state index in [-0.39, 0.29) is 24.8 Å². The fraction of sp³-hybridized carbons (Fsp3) is 0.400. The molecule has 1 unspecified atom stereocenters. The van der Waals surface area contributed by atoms with Crippen LogP contribution in [0.25, 0.3) is 11.0 Å². The highest BCUT2D eigenvalue weighted by Gasteiger charge is 2.38. The van der Waals surface area contributed by atoms with Crippen LogP contribution in [0.15, 0.2) is 42.5 Å². The third-order valence-electron chi connectivity index (χ3n) is 9.42. The summed E-state index contributed by atoms with van der Waals surface area (Å²) in [4.78, 5) is 42.8. The summed E-state index contributed by atoms with van der Waals surface area (Å²) in [7, 11) is 3.37. The summed E-state index contributed by atoms with van der Waals surface area (Å²) in [6.07, 6.45) is 3.41. The van der Waals surface area contributed by atoms with Gasteiger partial charge in [0.25, 0.3) is 11.8 Å². The molecule has 2 aliphatic heterocycles. The molecule has 0 radical (unpaired) electrons. The van der Waals surface area contributed by atoms with Crippen molar-refractivity contribution in [2.24, 2.45) is 7.05 Å². The van der Waals surface area contributed by atoms with Gasteiger partial charge in [-0.05, 0) is 77.6 Å². The van der Waals surface area contributed by atoms with Crippen molar-refractivity contribution < 1.29 is 29.0 Å². The molecule has 46 heavy (non-hydrogen) atoms. The molecule has 3 heterocycles. The molecule has 11 heteroatoms. The molecule has 1 aromatic heterocycles. The van der Waals surface area contributed by atoms with Gasteiger partial charge in [-0.25, -0.2) is 4.68 Å². The molecule has 11 nitrogen and oxygen atoms in total. The predicted octanol–water partition coefficient (Wildman–Crippen LogP) is 4.79. The number of carbonyl (C=O) groups excluding carboxylic acids is 2. The molecule has 0 bridgehead atoms. The molecule has 1 N–H and O–H groups in total. The Morgan fingerprint density at radius 1 is 1.17 bits per heavy atom. The number of carbonyl (C=O) groups is 3. The van der Waals surface area contributed by atoms with Crippen LogP contribution in [0.3, 0.4) is 0 Å². The van der Waals surface area contributed by atoms with E-state index in [0.29, 0.717) is 54.6 Å². The second-order valence-corrected chi connectivity index (χ2v) is 12.4. The van der Waals surface area contributed by atoms with Gasteiger partial charge in [0.1, 0.15) is 16.8 Å². The van der Waals surface area contributed by atoms with Crippen LogP contribution in [-0.4, -0.2) is 69.6 Å². The molecule has 1 saturated carbocycles. The number of fused-ring (bicyclic) bond motifs is 3. The topological polar surface area (TPSA) is 127 Å². The number of nitrogens with zero attached hydrogens (tertiary/aromatic N) is 5. The molecule has 0 saturated heterocycles. The fourth-order valence-electron chi connectivity index (χ4n) is 7.12. The van der Waals surface area contributed by atoms with Crippen molar-refractivity contribution >= 4 is 34.5 Å². The molecule has 4 aromatic rings. The number of methoxy groups -OCH3 is 1. The first kappa shape index (κ1) is 29.8. The number of carboxylic acid groups (broad SMARTS) is 1. The van der Waals surface area contributed by atoms with Gasteiger partial charge in [0.2, 0.25) is 0 Å². The SMILES string of the molecule is CCCN1C(=O)COc2c(C(=O)N3CCc4c(cccc4C(CC(=O)O)c4cc(OC)c5c(c4)nnn5C)C3)ccc(C3CC3)c21. The Labute approximate surface area is 266 Å². The summed E-state index contributed by atoms with van der Waals surface area (Å²) >= 11 is 0. The van der Waals surface area contributed by atoms with Crippen LogP contribution in [0.4, 0.5) is 5.69 Å². The highest BCUT2D eigenvalue weighted by Crippen LogP contribution is 2.50. The van der Waals surface area contributed by atoms with Crippen molar-refractivity contribution in [1.82, 2.24) is 19.9 Å². The lowest BCUT2D eigenvalue weighted by atomic mass is 9.82. The Morgan fingerprint density at radius 3 is 2.74 bits per heavy atom. The largest absolute Gasteiger partial charge is 0.494 e. The molecule has 1 atom stereocenters. The zero-order valence-corrected chi connectivity index (χ0v) is 26.3. The summed E-state index contributed by atoms with van der Waals surface area (Å²) in [6, 6.07) is 13.5. The lowest BCUT2D eigenvalue weighted by molar-refractivity contribution is -0.137. The monoisotopic (exact) mass is 623 g/mol. The second-order valence-electron chi connectivity index (χ2n) is 12.4. The molecule has 3 aliphatic rings. The van der Waals surface area contributed by atoms with Crippen LogP contribution in [-0.2, 0) is 29.6 Å². The quantitative estimate of drug-likeness (QED) is 0.282. The van der Waals surface area contributed by atoms with E-state index in [9.17, 15) is 19.5 Å². The van der Waals surface area contributed by atoms with Crippen molar-refractivity contribution in [3.8, 4) is 11.5 Å². The standard InChI is InChI=1S/C35H37N5O6/c1-4-13-40-30(41)19-46-34-26(11-10-24(32(34)40)20-8-9-20)35(44)39-14-12-23-21(18-39)6-5-7-25(23)27(17-31(42)43)22-15-28-33(29(16-22)45-3)38(2)37-36-28/h5-7,10-11,15-16,20,27H,4,8-9,12-14,17-19H2,1-3H3,(H,42,43). The number of benzene rings is 3. The molecular weight excluding hydrogens is 586 g/mol. The lowest BCUT2D eigenvalue weighted by Gasteiger charge is -2.35. The lowest BCUT2D eigenvalue weighted by Crippen LogP contribution is -2.41. The average molecular weight is 624 g/mol. The number of aliphatic carboxylic acids is 1. The summed E-state index contributed by atoms with van der Waals surface area (Å²) in [6.45, 7) is 3.39. The Kier molecular flexibility index (Phi) is 7.62. The Hall–Kier alpha value is -4.93. The van der Waals surface area contributed by atoms with Crippen molar-refractivity contribution in [3.63, 3.8) is 0 Å². The smallest absolute Gasteiger partial charge is 0.304 e. The van der Waals surface area contributed by atoms with Crippen LogP contribution in [0, 0.1) is 0 Å². The Bertz CT molecular complexity index is 1880. The van der Waals surface area contributed by atoms with Gasteiger partial charge in [0.15, 0.2) is 12.4 Å². The number of anilines is 1. The molecular formula is C35H37N5O6. The fourth-order valence-corrected chi connectivity index (χ4v) is 7.12. The highest BCUT2D eigenvalue weighted by molar-refractivity contribution is 6.05. The maximum Gasteiger partial charge on any atom is 0.304 e. The minimum atomic E-state index is -0.913. The summed E-state index contributed by atoms with van der Waals surface area (Å²) in [5.74, 6) is -0.102. The zero-order chi connectivity index (χ0) is 32.1. The van der Waals surface area contributed by atoms with Crippen LogP contribution >= 0.6 is 0 Å². The third kappa shape index (κ3) is 5.13.